The molecule has 2 aromatic heterocycles. The lowest BCUT2D eigenvalue weighted by Gasteiger charge is -2.02. The van der Waals surface area contributed by atoms with E-state index in [1.54, 1.807) is 12.1 Å². The largest absolute Gasteiger partial charge is 0.302 e. The van der Waals surface area contributed by atoms with E-state index in [9.17, 15) is 4.39 Å². The van der Waals surface area contributed by atoms with Gasteiger partial charge in [0.1, 0.15) is 11.5 Å². The third kappa shape index (κ3) is 2.51. The Hall–Kier alpha value is -1.58. The molecule has 0 aliphatic heterocycles. The van der Waals surface area contributed by atoms with Crippen LogP contribution in [0.15, 0.2) is 42.6 Å². The van der Waals surface area contributed by atoms with Gasteiger partial charge in [-0.3, -0.25) is 0 Å². The van der Waals surface area contributed by atoms with Crippen molar-refractivity contribution in [2.24, 2.45) is 0 Å². The third-order valence-corrected chi connectivity index (χ3v) is 3.36. The Labute approximate surface area is 127 Å². The van der Waals surface area contributed by atoms with Crippen LogP contribution in [0, 0.1) is 12.7 Å². The Morgan fingerprint density at radius 2 is 1.85 bits per heavy atom. The number of nitrogens with zero attached hydrogens (tertiary/aromatic N) is 2. The number of aryl methyl sites for hydroxylation is 1. The van der Waals surface area contributed by atoms with Gasteiger partial charge >= 0.3 is 0 Å². The summed E-state index contributed by atoms with van der Waals surface area (Å²) in [6.07, 6.45) is 2.01. The Morgan fingerprint density at radius 3 is 2.50 bits per heavy atom. The van der Waals surface area contributed by atoms with Crippen LogP contribution in [0.5, 0.6) is 0 Å². The Balaban J connectivity index is 0.00000147. The van der Waals surface area contributed by atoms with Crippen molar-refractivity contribution in [1.29, 1.82) is 0 Å². The molecule has 0 spiro atoms. The van der Waals surface area contributed by atoms with E-state index in [0.29, 0.717) is 5.88 Å². The highest BCUT2D eigenvalue weighted by atomic mass is 35.5. The van der Waals surface area contributed by atoms with Crippen LogP contribution in [0.1, 0.15) is 11.3 Å². The molecule has 0 bridgehead atoms. The highest BCUT2D eigenvalue weighted by molar-refractivity contribution is 6.17. The Bertz CT molecular complexity index is 735. The van der Waals surface area contributed by atoms with E-state index >= 15 is 0 Å². The number of halogens is 3. The van der Waals surface area contributed by atoms with E-state index in [2.05, 4.69) is 4.98 Å². The summed E-state index contributed by atoms with van der Waals surface area (Å²) in [5.41, 5.74) is 4.59. The zero-order valence-corrected chi connectivity index (χ0v) is 12.4. The lowest BCUT2D eigenvalue weighted by molar-refractivity contribution is 0.628. The van der Waals surface area contributed by atoms with Crippen molar-refractivity contribution in [2.45, 2.75) is 12.8 Å². The van der Waals surface area contributed by atoms with Gasteiger partial charge in [-0.1, -0.05) is 6.07 Å². The van der Waals surface area contributed by atoms with Gasteiger partial charge in [-0.05, 0) is 42.8 Å². The van der Waals surface area contributed by atoms with E-state index < -0.39 is 0 Å². The van der Waals surface area contributed by atoms with E-state index in [0.717, 1.165) is 28.2 Å². The highest BCUT2D eigenvalue weighted by Crippen LogP contribution is 2.26. The molecule has 0 unspecified atom stereocenters. The number of aromatic nitrogens is 2. The summed E-state index contributed by atoms with van der Waals surface area (Å²) in [7, 11) is 0. The fraction of sp³-hybridized carbons (Fsp3) is 0.133. The number of rotatable bonds is 2. The predicted octanol–water partition coefficient (Wildman–Crippen LogP) is 4.61. The first-order chi connectivity index (χ1) is 9.19. The van der Waals surface area contributed by atoms with Gasteiger partial charge in [0.05, 0.1) is 17.3 Å². The SMILES string of the molecule is Cc1ccc2nc(-c3ccc(F)cc3)c(CCl)n2c1.Cl. The number of benzene rings is 1. The topological polar surface area (TPSA) is 17.3 Å². The smallest absolute Gasteiger partial charge is 0.137 e. The van der Waals surface area contributed by atoms with Crippen molar-refractivity contribution in [1.82, 2.24) is 9.38 Å². The molecule has 3 aromatic rings. The maximum absolute atomic E-state index is 13.0. The van der Waals surface area contributed by atoms with Crippen molar-refractivity contribution in [2.75, 3.05) is 0 Å². The fourth-order valence-electron chi connectivity index (χ4n) is 2.17. The molecule has 2 nitrogen and oxygen atoms in total. The zero-order chi connectivity index (χ0) is 13.4. The second-order valence-corrected chi connectivity index (χ2v) is 4.75. The third-order valence-electron chi connectivity index (χ3n) is 3.11. The standard InChI is InChI=1S/C15H12ClFN2.ClH/c1-10-2-7-14-18-15(13(8-16)19(14)9-10)11-3-5-12(17)6-4-11;/h2-7,9H,8H2,1H3;1H. The number of hydrogen-bond acceptors (Lipinski definition) is 1. The van der Waals surface area contributed by atoms with Crippen LogP contribution in [-0.2, 0) is 5.88 Å². The van der Waals surface area contributed by atoms with Crippen molar-refractivity contribution < 1.29 is 4.39 Å². The van der Waals surface area contributed by atoms with Gasteiger partial charge in [-0.15, -0.1) is 24.0 Å². The first-order valence-corrected chi connectivity index (χ1v) is 6.52. The number of imidazole rings is 1. The Kier molecular flexibility index (Phi) is 4.31. The molecule has 3 rings (SSSR count). The second-order valence-electron chi connectivity index (χ2n) is 4.48. The molecule has 20 heavy (non-hydrogen) atoms. The van der Waals surface area contributed by atoms with Gasteiger partial charge in [0.25, 0.3) is 0 Å². The van der Waals surface area contributed by atoms with Crippen LogP contribution >= 0.6 is 24.0 Å². The van der Waals surface area contributed by atoms with E-state index in [-0.39, 0.29) is 18.2 Å². The molecule has 0 aliphatic carbocycles. The minimum absolute atomic E-state index is 0. The van der Waals surface area contributed by atoms with Crippen molar-refractivity contribution in [3.8, 4) is 11.3 Å². The number of fused-ring (bicyclic) bond motifs is 1. The number of alkyl halides is 1. The molecule has 104 valence electrons. The minimum Gasteiger partial charge on any atom is -0.302 e. The molecule has 0 radical (unpaired) electrons. The van der Waals surface area contributed by atoms with E-state index in [1.165, 1.54) is 12.1 Å². The summed E-state index contributed by atoms with van der Waals surface area (Å²) in [6, 6.07) is 10.3. The van der Waals surface area contributed by atoms with Crippen molar-refractivity contribution >= 4 is 29.7 Å². The summed E-state index contributed by atoms with van der Waals surface area (Å²) in [5.74, 6) is 0.105. The monoisotopic (exact) mass is 310 g/mol. The van der Waals surface area contributed by atoms with Crippen LogP contribution in [0.2, 0.25) is 0 Å². The molecule has 0 N–H and O–H groups in total. The van der Waals surface area contributed by atoms with Crippen molar-refractivity contribution in [3.05, 3.63) is 59.7 Å². The van der Waals surface area contributed by atoms with Gasteiger partial charge in [0, 0.05) is 11.8 Å². The molecule has 0 fully saturated rings. The lowest BCUT2D eigenvalue weighted by atomic mass is 10.1. The Morgan fingerprint density at radius 1 is 1.15 bits per heavy atom. The van der Waals surface area contributed by atoms with Crippen molar-refractivity contribution in [3.63, 3.8) is 0 Å². The summed E-state index contributed by atoms with van der Waals surface area (Å²) in [6.45, 7) is 2.02. The predicted molar refractivity (Wildman–Crippen MR) is 82.1 cm³/mol. The van der Waals surface area contributed by atoms with Gasteiger partial charge in [-0.2, -0.15) is 0 Å². The van der Waals surface area contributed by atoms with Crippen LogP contribution in [0.25, 0.3) is 16.9 Å². The molecular weight excluding hydrogens is 298 g/mol. The average molecular weight is 311 g/mol. The van der Waals surface area contributed by atoms with Crippen LogP contribution < -0.4 is 0 Å². The summed E-state index contributed by atoms with van der Waals surface area (Å²) in [4.78, 5) is 4.58. The highest BCUT2D eigenvalue weighted by Gasteiger charge is 2.13. The van der Waals surface area contributed by atoms with Crippen LogP contribution in [-0.4, -0.2) is 9.38 Å². The average Bonchev–Trinajstić information content (AvgIpc) is 2.77. The molecule has 0 aliphatic rings. The van der Waals surface area contributed by atoms with Gasteiger partial charge < -0.3 is 4.40 Å². The van der Waals surface area contributed by atoms with Crippen LogP contribution in [0.4, 0.5) is 4.39 Å². The van der Waals surface area contributed by atoms with E-state index in [4.69, 9.17) is 11.6 Å². The molecule has 0 amide bonds. The molecule has 0 saturated carbocycles. The molecule has 5 heteroatoms. The van der Waals surface area contributed by atoms with Crippen LogP contribution in [0.3, 0.4) is 0 Å². The quantitative estimate of drug-likeness (QED) is 0.632. The van der Waals surface area contributed by atoms with E-state index in [1.807, 2.05) is 29.7 Å². The molecule has 1 aromatic carbocycles. The molecular formula is C15H13Cl2FN2. The zero-order valence-electron chi connectivity index (χ0n) is 10.8. The second kappa shape index (κ2) is 5.81. The molecule has 0 saturated heterocycles. The summed E-state index contributed by atoms with van der Waals surface area (Å²) < 4.78 is 15.0. The summed E-state index contributed by atoms with van der Waals surface area (Å²) >= 11 is 6.05. The first kappa shape index (κ1) is 14.8. The minimum atomic E-state index is -0.254. The van der Waals surface area contributed by atoms with Gasteiger partial charge in [0.2, 0.25) is 0 Å². The normalized spacial score (nSPS) is 10.6. The lowest BCUT2D eigenvalue weighted by Crippen LogP contribution is -1.92. The number of hydrogen-bond donors (Lipinski definition) is 0. The maximum Gasteiger partial charge on any atom is 0.137 e. The fourth-order valence-corrected chi connectivity index (χ4v) is 2.42. The van der Waals surface area contributed by atoms with Gasteiger partial charge in [0.15, 0.2) is 0 Å². The molecule has 0 atom stereocenters. The number of pyridine rings is 1. The van der Waals surface area contributed by atoms with Gasteiger partial charge in [-0.25, -0.2) is 9.37 Å². The maximum atomic E-state index is 13.0. The summed E-state index contributed by atoms with van der Waals surface area (Å²) in [5, 5.41) is 0. The first-order valence-electron chi connectivity index (χ1n) is 5.98. The molecule has 2 heterocycles.